The van der Waals surface area contributed by atoms with Crippen LogP contribution in [-0.4, -0.2) is 33.0 Å². The van der Waals surface area contributed by atoms with E-state index in [0.717, 1.165) is 0 Å². The number of carbonyl (C=O) groups is 1. The summed E-state index contributed by atoms with van der Waals surface area (Å²) >= 11 is 0. The molecule has 2 aromatic rings. The van der Waals surface area contributed by atoms with Crippen LogP contribution in [0, 0.1) is 17.7 Å². The Hall–Kier alpha value is -2.72. The molecule has 0 aliphatic rings. The van der Waals surface area contributed by atoms with Gasteiger partial charge in [0.05, 0.1) is 18.4 Å². The number of hydrogen-bond acceptors (Lipinski definition) is 4. The topological polar surface area (TPSA) is 90.9 Å². The van der Waals surface area contributed by atoms with Crippen molar-refractivity contribution in [2.75, 3.05) is 11.9 Å². The van der Waals surface area contributed by atoms with Crippen LogP contribution in [0.3, 0.4) is 0 Å². The Labute approximate surface area is 114 Å². The number of nitrogens with zero attached hydrogens (tertiary/aromatic N) is 2. The summed E-state index contributed by atoms with van der Waals surface area (Å²) in [5, 5.41) is 20.5. The molecule has 20 heavy (non-hydrogen) atoms. The molecule has 7 heteroatoms. The van der Waals surface area contributed by atoms with Crippen molar-refractivity contribution in [2.45, 2.75) is 6.42 Å². The van der Waals surface area contributed by atoms with E-state index in [4.69, 9.17) is 5.11 Å². The molecule has 0 aliphatic carbocycles. The Balaban J connectivity index is 2.10. The number of amides is 1. The number of aromatic amines is 1. The standard InChI is InChI=1S/C13H11FN4O2/c14-11-7-10(5-4-9(11)3-1-2-6-19)16-13(20)12-8-15-18-17-12/h4-5,7-8,19H,2,6H2,(H,16,20)(H,15,17,18). The van der Waals surface area contributed by atoms with Crippen molar-refractivity contribution < 1.29 is 14.3 Å². The Morgan fingerprint density at radius 3 is 3.00 bits per heavy atom. The molecule has 3 N–H and O–H groups in total. The highest BCUT2D eigenvalue weighted by molar-refractivity contribution is 6.02. The molecular weight excluding hydrogens is 263 g/mol. The number of H-pyrrole nitrogens is 1. The van der Waals surface area contributed by atoms with Gasteiger partial charge in [-0.15, -0.1) is 0 Å². The number of rotatable bonds is 3. The largest absolute Gasteiger partial charge is 0.395 e. The summed E-state index contributed by atoms with van der Waals surface area (Å²) in [6, 6.07) is 4.16. The van der Waals surface area contributed by atoms with Crippen LogP contribution in [-0.2, 0) is 0 Å². The molecule has 0 radical (unpaired) electrons. The van der Waals surface area contributed by atoms with Gasteiger partial charge in [-0.05, 0) is 18.2 Å². The van der Waals surface area contributed by atoms with Crippen LogP contribution in [0.1, 0.15) is 22.5 Å². The molecule has 0 aliphatic heterocycles. The quantitative estimate of drug-likeness (QED) is 0.726. The minimum Gasteiger partial charge on any atom is -0.395 e. The Bertz CT molecular complexity index is 659. The van der Waals surface area contributed by atoms with Crippen LogP contribution in [0.4, 0.5) is 10.1 Å². The second kappa shape index (κ2) is 6.45. The normalized spacial score (nSPS) is 9.70. The molecule has 0 saturated carbocycles. The number of hydrogen-bond donors (Lipinski definition) is 3. The molecule has 1 aromatic heterocycles. The number of aromatic nitrogens is 3. The molecular formula is C13H11FN4O2. The van der Waals surface area contributed by atoms with Crippen LogP contribution >= 0.6 is 0 Å². The lowest BCUT2D eigenvalue weighted by molar-refractivity contribution is 0.102. The zero-order valence-electron chi connectivity index (χ0n) is 10.4. The van der Waals surface area contributed by atoms with Crippen molar-refractivity contribution in [1.29, 1.82) is 0 Å². The zero-order valence-corrected chi connectivity index (χ0v) is 10.4. The number of aliphatic hydroxyl groups excluding tert-OH is 1. The zero-order chi connectivity index (χ0) is 14.4. The van der Waals surface area contributed by atoms with E-state index in [1.165, 1.54) is 24.4 Å². The van der Waals surface area contributed by atoms with E-state index in [0.29, 0.717) is 5.69 Å². The first-order valence-corrected chi connectivity index (χ1v) is 5.77. The molecule has 102 valence electrons. The molecule has 1 aromatic carbocycles. The third-order valence-corrected chi connectivity index (χ3v) is 2.33. The first-order chi connectivity index (χ1) is 9.70. The van der Waals surface area contributed by atoms with Gasteiger partial charge in [0, 0.05) is 12.1 Å². The summed E-state index contributed by atoms with van der Waals surface area (Å²) < 4.78 is 13.7. The van der Waals surface area contributed by atoms with Crippen molar-refractivity contribution in [3.05, 3.63) is 41.5 Å². The van der Waals surface area contributed by atoms with Crippen molar-refractivity contribution >= 4 is 11.6 Å². The van der Waals surface area contributed by atoms with Gasteiger partial charge in [0.15, 0.2) is 5.69 Å². The molecule has 0 unspecified atom stereocenters. The minimum absolute atomic E-state index is 0.0690. The Morgan fingerprint density at radius 1 is 1.50 bits per heavy atom. The summed E-state index contributed by atoms with van der Waals surface area (Å²) in [5.74, 6) is 4.19. The number of nitrogens with one attached hydrogen (secondary N) is 2. The maximum Gasteiger partial charge on any atom is 0.277 e. The van der Waals surface area contributed by atoms with Crippen LogP contribution < -0.4 is 5.32 Å². The molecule has 0 saturated heterocycles. The van der Waals surface area contributed by atoms with E-state index in [1.54, 1.807) is 0 Å². The number of anilines is 1. The van der Waals surface area contributed by atoms with Crippen molar-refractivity contribution in [3.8, 4) is 11.8 Å². The van der Waals surface area contributed by atoms with Gasteiger partial charge in [-0.1, -0.05) is 11.8 Å². The van der Waals surface area contributed by atoms with Crippen LogP contribution in [0.2, 0.25) is 0 Å². The molecule has 6 nitrogen and oxygen atoms in total. The molecule has 1 heterocycles. The van der Waals surface area contributed by atoms with Gasteiger partial charge in [0.25, 0.3) is 5.91 Å². The highest BCUT2D eigenvalue weighted by Gasteiger charge is 2.10. The molecule has 0 spiro atoms. The van der Waals surface area contributed by atoms with Crippen molar-refractivity contribution in [1.82, 2.24) is 15.4 Å². The van der Waals surface area contributed by atoms with E-state index in [1.807, 2.05) is 0 Å². The molecule has 1 amide bonds. The maximum absolute atomic E-state index is 13.7. The van der Waals surface area contributed by atoms with Crippen molar-refractivity contribution in [3.63, 3.8) is 0 Å². The summed E-state index contributed by atoms with van der Waals surface area (Å²) in [6.07, 6.45) is 1.55. The van der Waals surface area contributed by atoms with E-state index in [9.17, 15) is 9.18 Å². The monoisotopic (exact) mass is 274 g/mol. The third-order valence-electron chi connectivity index (χ3n) is 2.33. The smallest absolute Gasteiger partial charge is 0.277 e. The van der Waals surface area contributed by atoms with Gasteiger partial charge in [-0.25, -0.2) is 4.39 Å². The summed E-state index contributed by atoms with van der Waals surface area (Å²) in [6.45, 7) is -0.0690. The fourth-order valence-corrected chi connectivity index (χ4v) is 1.41. The van der Waals surface area contributed by atoms with E-state index >= 15 is 0 Å². The summed E-state index contributed by atoms with van der Waals surface area (Å²) in [4.78, 5) is 11.7. The number of aliphatic hydroxyl groups is 1. The van der Waals surface area contributed by atoms with Gasteiger partial charge in [0.1, 0.15) is 5.82 Å². The van der Waals surface area contributed by atoms with Crippen LogP contribution in [0.15, 0.2) is 24.4 Å². The first kappa shape index (κ1) is 13.7. The highest BCUT2D eigenvalue weighted by Crippen LogP contribution is 2.14. The van der Waals surface area contributed by atoms with Gasteiger partial charge in [-0.3, -0.25) is 4.79 Å². The van der Waals surface area contributed by atoms with Crippen molar-refractivity contribution in [2.24, 2.45) is 0 Å². The van der Waals surface area contributed by atoms with E-state index in [2.05, 4.69) is 32.6 Å². The van der Waals surface area contributed by atoms with Crippen LogP contribution in [0.25, 0.3) is 0 Å². The number of halogens is 1. The SMILES string of the molecule is O=C(Nc1ccc(C#CCCO)c(F)c1)c1cn[nH]n1. The minimum atomic E-state index is -0.548. The average molecular weight is 274 g/mol. The first-order valence-electron chi connectivity index (χ1n) is 5.77. The molecule has 0 fully saturated rings. The lowest BCUT2D eigenvalue weighted by Gasteiger charge is -2.03. The second-order valence-electron chi connectivity index (χ2n) is 3.78. The van der Waals surface area contributed by atoms with Gasteiger partial charge >= 0.3 is 0 Å². The lowest BCUT2D eigenvalue weighted by Crippen LogP contribution is -2.12. The number of benzene rings is 1. The van der Waals surface area contributed by atoms with Crippen LogP contribution in [0.5, 0.6) is 0 Å². The highest BCUT2D eigenvalue weighted by atomic mass is 19.1. The molecule has 2 rings (SSSR count). The maximum atomic E-state index is 13.7. The number of carbonyl (C=O) groups excluding carboxylic acids is 1. The van der Waals surface area contributed by atoms with E-state index < -0.39 is 11.7 Å². The molecule has 0 atom stereocenters. The summed E-state index contributed by atoms with van der Waals surface area (Å²) in [5.41, 5.74) is 0.610. The molecule has 0 bridgehead atoms. The Morgan fingerprint density at radius 2 is 2.35 bits per heavy atom. The second-order valence-corrected chi connectivity index (χ2v) is 3.78. The fourth-order valence-electron chi connectivity index (χ4n) is 1.41. The Kier molecular flexibility index (Phi) is 4.42. The fraction of sp³-hybridized carbons (Fsp3) is 0.154. The lowest BCUT2D eigenvalue weighted by atomic mass is 10.2. The predicted molar refractivity (Wildman–Crippen MR) is 69.3 cm³/mol. The third kappa shape index (κ3) is 3.40. The average Bonchev–Trinajstić information content (AvgIpc) is 2.95. The van der Waals surface area contributed by atoms with Gasteiger partial charge in [0.2, 0.25) is 0 Å². The van der Waals surface area contributed by atoms with E-state index in [-0.39, 0.29) is 24.3 Å². The van der Waals surface area contributed by atoms with Gasteiger partial charge < -0.3 is 10.4 Å². The summed E-state index contributed by atoms with van der Waals surface area (Å²) in [7, 11) is 0. The predicted octanol–water partition coefficient (Wildman–Crippen LogP) is 0.930. The van der Waals surface area contributed by atoms with Gasteiger partial charge in [-0.2, -0.15) is 15.4 Å².